The van der Waals surface area contributed by atoms with Crippen molar-refractivity contribution in [3.8, 4) is 0 Å². The molecule has 0 fully saturated rings. The van der Waals surface area contributed by atoms with E-state index in [1.54, 1.807) is 37.3 Å². The molecule has 0 radical (unpaired) electrons. The number of aromatic nitrogens is 2. The molecule has 37 heavy (non-hydrogen) atoms. The molecule has 0 aliphatic heterocycles. The van der Waals surface area contributed by atoms with Gasteiger partial charge in [0.2, 0.25) is 5.91 Å². The quantitative estimate of drug-likeness (QED) is 0.179. The van der Waals surface area contributed by atoms with Crippen molar-refractivity contribution >= 4 is 45.8 Å². The molecule has 0 saturated carbocycles. The highest BCUT2D eigenvalue weighted by molar-refractivity contribution is 7.80. The molecular weight excluding hydrogens is 497 g/mol. The fraction of sp³-hybridized carbons (Fsp3) is 0.346. The van der Waals surface area contributed by atoms with E-state index in [2.05, 4.69) is 25.9 Å². The van der Waals surface area contributed by atoms with Crippen LogP contribution in [0.2, 0.25) is 0 Å². The number of fused-ring (bicyclic) bond motifs is 1. The minimum Gasteiger partial charge on any atom is -0.480 e. The molecule has 1 atom stereocenters. The molecular formula is C26H30FN5O4S. The summed E-state index contributed by atoms with van der Waals surface area (Å²) in [7, 11) is 0. The van der Waals surface area contributed by atoms with E-state index in [1.165, 1.54) is 12.1 Å². The number of nitrogens with zero attached hydrogens (tertiary/aromatic N) is 1. The Bertz CT molecular complexity index is 1330. The van der Waals surface area contributed by atoms with Gasteiger partial charge in [-0.15, -0.1) is 0 Å². The number of halogens is 1. The molecule has 2 aromatic carbocycles. The van der Waals surface area contributed by atoms with Gasteiger partial charge in [0.15, 0.2) is 5.11 Å². The van der Waals surface area contributed by atoms with Crippen LogP contribution in [-0.4, -0.2) is 44.7 Å². The standard InChI is InChI=1S/C26H30FN5O4S/c1-16-15-17(27)12-13-19(16)31-26(37)28-14-5-4-9-21(25(35)36)30-23(33)11-6-10-22-29-20-8-3-2-7-18(20)24(34)32-22/h2-3,7-8,12-13,15,21H,4-6,9-11,14H2,1H3,(H,30,33)(H,35,36)(H2,28,31,37)(H,29,32,34)/t21-/m0/s1. The van der Waals surface area contributed by atoms with Gasteiger partial charge in [-0.2, -0.15) is 0 Å². The first-order valence-electron chi connectivity index (χ1n) is 12.0. The van der Waals surface area contributed by atoms with Gasteiger partial charge in [-0.1, -0.05) is 12.1 Å². The zero-order valence-corrected chi connectivity index (χ0v) is 21.3. The number of aryl methyl sites for hydroxylation is 2. The molecule has 0 saturated heterocycles. The average molecular weight is 528 g/mol. The number of aromatic amines is 1. The summed E-state index contributed by atoms with van der Waals surface area (Å²) in [6, 6.07) is 10.4. The van der Waals surface area contributed by atoms with Crippen molar-refractivity contribution in [2.75, 3.05) is 11.9 Å². The molecule has 0 unspecified atom stereocenters. The summed E-state index contributed by atoms with van der Waals surface area (Å²) in [4.78, 5) is 43.2. The van der Waals surface area contributed by atoms with Crippen LogP contribution in [0.4, 0.5) is 10.1 Å². The highest BCUT2D eigenvalue weighted by atomic mass is 32.1. The third-order valence-corrected chi connectivity index (χ3v) is 6.00. The third-order valence-electron chi connectivity index (χ3n) is 5.75. The van der Waals surface area contributed by atoms with Gasteiger partial charge in [-0.05, 0) is 80.7 Å². The molecule has 0 aliphatic rings. The van der Waals surface area contributed by atoms with Gasteiger partial charge in [0.1, 0.15) is 17.7 Å². The highest BCUT2D eigenvalue weighted by Crippen LogP contribution is 2.15. The number of H-pyrrole nitrogens is 1. The summed E-state index contributed by atoms with van der Waals surface area (Å²) in [6.45, 7) is 2.29. The topological polar surface area (TPSA) is 136 Å². The number of carboxylic acids is 1. The van der Waals surface area contributed by atoms with Crippen LogP contribution in [0.15, 0.2) is 47.3 Å². The van der Waals surface area contributed by atoms with Crippen molar-refractivity contribution in [3.63, 3.8) is 0 Å². The van der Waals surface area contributed by atoms with Crippen LogP contribution >= 0.6 is 12.2 Å². The van der Waals surface area contributed by atoms with Crippen molar-refractivity contribution in [1.29, 1.82) is 0 Å². The second-order valence-electron chi connectivity index (χ2n) is 8.68. The second kappa shape index (κ2) is 13.4. The summed E-state index contributed by atoms with van der Waals surface area (Å²) in [5.41, 5.74) is 1.79. The Morgan fingerprint density at radius 2 is 1.95 bits per heavy atom. The number of para-hydroxylation sites is 1. The van der Waals surface area contributed by atoms with E-state index in [0.29, 0.717) is 59.8 Å². The lowest BCUT2D eigenvalue weighted by Crippen LogP contribution is -2.40. The van der Waals surface area contributed by atoms with Crippen LogP contribution in [0, 0.1) is 12.7 Å². The van der Waals surface area contributed by atoms with Crippen molar-refractivity contribution < 1.29 is 19.1 Å². The zero-order chi connectivity index (χ0) is 26.8. The van der Waals surface area contributed by atoms with Crippen LogP contribution in [0.25, 0.3) is 10.9 Å². The molecule has 3 aromatic rings. The van der Waals surface area contributed by atoms with Crippen molar-refractivity contribution in [1.82, 2.24) is 20.6 Å². The number of aliphatic carboxylic acids is 1. The monoisotopic (exact) mass is 527 g/mol. The normalized spacial score (nSPS) is 11.6. The Kier molecular flexibility index (Phi) is 10.1. The number of amides is 1. The maximum Gasteiger partial charge on any atom is 0.326 e. The summed E-state index contributed by atoms with van der Waals surface area (Å²) < 4.78 is 13.2. The third kappa shape index (κ3) is 8.64. The van der Waals surface area contributed by atoms with Crippen LogP contribution in [0.5, 0.6) is 0 Å². The lowest BCUT2D eigenvalue weighted by atomic mass is 10.1. The molecule has 0 aliphatic carbocycles. The number of hydrogen-bond donors (Lipinski definition) is 5. The maximum absolute atomic E-state index is 13.2. The molecule has 5 N–H and O–H groups in total. The smallest absolute Gasteiger partial charge is 0.326 e. The Morgan fingerprint density at radius 1 is 1.16 bits per heavy atom. The first-order chi connectivity index (χ1) is 17.7. The molecule has 0 spiro atoms. The Balaban J connectivity index is 1.35. The Labute approximate surface area is 218 Å². The van der Waals surface area contributed by atoms with Crippen molar-refractivity contribution in [2.24, 2.45) is 0 Å². The number of anilines is 1. The van der Waals surface area contributed by atoms with Crippen molar-refractivity contribution in [3.05, 3.63) is 70.0 Å². The zero-order valence-electron chi connectivity index (χ0n) is 20.5. The van der Waals surface area contributed by atoms with Gasteiger partial charge < -0.3 is 26.0 Å². The minimum atomic E-state index is -1.09. The fourth-order valence-corrected chi connectivity index (χ4v) is 4.01. The highest BCUT2D eigenvalue weighted by Gasteiger charge is 2.19. The van der Waals surface area contributed by atoms with E-state index < -0.39 is 12.0 Å². The first-order valence-corrected chi connectivity index (χ1v) is 12.4. The molecule has 9 nitrogen and oxygen atoms in total. The fourth-order valence-electron chi connectivity index (χ4n) is 3.80. The number of thiocarbonyl (C=S) groups is 1. The molecule has 1 aromatic heterocycles. The van der Waals surface area contributed by atoms with Gasteiger partial charge in [-0.25, -0.2) is 14.2 Å². The van der Waals surface area contributed by atoms with Gasteiger partial charge in [0.25, 0.3) is 5.56 Å². The van der Waals surface area contributed by atoms with E-state index in [0.717, 1.165) is 5.56 Å². The molecule has 3 rings (SSSR count). The number of rotatable bonds is 12. The van der Waals surface area contributed by atoms with Gasteiger partial charge >= 0.3 is 5.97 Å². The van der Waals surface area contributed by atoms with E-state index in [1.807, 2.05) is 0 Å². The Morgan fingerprint density at radius 3 is 2.70 bits per heavy atom. The van der Waals surface area contributed by atoms with E-state index >= 15 is 0 Å². The maximum atomic E-state index is 13.2. The predicted molar refractivity (Wildman–Crippen MR) is 144 cm³/mol. The number of carbonyl (C=O) groups excluding carboxylic acids is 1. The predicted octanol–water partition coefficient (Wildman–Crippen LogP) is 3.42. The number of unbranched alkanes of at least 4 members (excludes halogenated alkanes) is 1. The van der Waals surface area contributed by atoms with Gasteiger partial charge in [0.05, 0.1) is 10.9 Å². The largest absolute Gasteiger partial charge is 0.480 e. The average Bonchev–Trinajstić information content (AvgIpc) is 2.85. The molecule has 11 heteroatoms. The number of nitrogens with one attached hydrogen (secondary N) is 4. The summed E-state index contributed by atoms with van der Waals surface area (Å²) >= 11 is 5.24. The summed E-state index contributed by atoms with van der Waals surface area (Å²) in [5.74, 6) is -1.29. The molecule has 196 valence electrons. The lowest BCUT2D eigenvalue weighted by molar-refractivity contribution is -0.142. The van der Waals surface area contributed by atoms with Gasteiger partial charge in [0, 0.05) is 25.1 Å². The van der Waals surface area contributed by atoms with Crippen LogP contribution < -0.4 is 21.5 Å². The minimum absolute atomic E-state index is 0.116. The lowest BCUT2D eigenvalue weighted by Gasteiger charge is -2.15. The van der Waals surface area contributed by atoms with Crippen LogP contribution in [0.1, 0.15) is 43.5 Å². The Hall–Kier alpha value is -3.86. The number of hydrogen-bond acceptors (Lipinski definition) is 5. The van der Waals surface area contributed by atoms with Crippen molar-refractivity contribution in [2.45, 2.75) is 51.5 Å². The molecule has 0 bridgehead atoms. The van der Waals surface area contributed by atoms with Gasteiger partial charge in [-0.3, -0.25) is 9.59 Å². The molecule has 1 heterocycles. The number of benzene rings is 2. The summed E-state index contributed by atoms with van der Waals surface area (Å²) in [6.07, 6.45) is 2.41. The molecule has 1 amide bonds. The number of carbonyl (C=O) groups is 2. The summed E-state index contributed by atoms with van der Waals surface area (Å²) in [5, 5.41) is 19.0. The second-order valence-corrected chi connectivity index (χ2v) is 9.09. The number of carboxylic acid groups (broad SMARTS) is 1. The van der Waals surface area contributed by atoms with Crippen LogP contribution in [-0.2, 0) is 16.0 Å². The SMILES string of the molecule is Cc1cc(F)ccc1NC(=S)NCCCC[C@H](NC(=O)CCCc1nc2ccccc2c(=O)[nH]1)C(=O)O. The van der Waals surface area contributed by atoms with Crippen LogP contribution in [0.3, 0.4) is 0 Å². The van der Waals surface area contributed by atoms with E-state index in [4.69, 9.17) is 12.2 Å². The van der Waals surface area contributed by atoms with E-state index in [-0.39, 0.29) is 30.1 Å². The first kappa shape index (κ1) is 27.7. The van der Waals surface area contributed by atoms with E-state index in [9.17, 15) is 23.9 Å².